The number of amides is 1. The summed E-state index contributed by atoms with van der Waals surface area (Å²) in [7, 11) is 0. The van der Waals surface area contributed by atoms with Crippen LogP contribution in [0.4, 0.5) is 5.69 Å². The van der Waals surface area contributed by atoms with E-state index in [9.17, 15) is 9.59 Å². The summed E-state index contributed by atoms with van der Waals surface area (Å²) in [6, 6.07) is 6.96. The van der Waals surface area contributed by atoms with E-state index in [0.717, 1.165) is 5.75 Å². The van der Waals surface area contributed by atoms with Gasteiger partial charge in [0.05, 0.1) is 11.4 Å². The lowest BCUT2D eigenvalue weighted by Gasteiger charge is -2.10. The minimum absolute atomic E-state index is 0.0718. The molecule has 1 aromatic carbocycles. The van der Waals surface area contributed by atoms with E-state index in [-0.39, 0.29) is 24.2 Å². The number of ketones is 1. The van der Waals surface area contributed by atoms with Gasteiger partial charge in [-0.1, -0.05) is 19.1 Å². The van der Waals surface area contributed by atoms with Crippen LogP contribution in [0.25, 0.3) is 0 Å². The maximum absolute atomic E-state index is 11.8. The van der Waals surface area contributed by atoms with Gasteiger partial charge in [-0.05, 0) is 30.7 Å². The van der Waals surface area contributed by atoms with E-state index < -0.39 is 0 Å². The Morgan fingerprint density at radius 2 is 2.05 bits per heavy atom. The second kappa shape index (κ2) is 7.96. The van der Waals surface area contributed by atoms with E-state index in [2.05, 4.69) is 5.32 Å². The average molecular weight is 281 g/mol. The molecule has 1 unspecified atom stereocenters. The highest BCUT2D eigenvalue weighted by atomic mass is 32.2. The van der Waals surface area contributed by atoms with E-state index >= 15 is 0 Å². The summed E-state index contributed by atoms with van der Waals surface area (Å²) in [5.74, 6) is 1.03. The number of carbonyl (C=O) groups is 2. The van der Waals surface area contributed by atoms with Crippen molar-refractivity contribution in [3.8, 4) is 0 Å². The number of aliphatic hydroxyl groups is 1. The molecule has 5 heteroatoms. The zero-order chi connectivity index (χ0) is 14.3. The molecule has 0 radical (unpaired) electrons. The molecule has 0 spiro atoms. The molecule has 0 saturated heterocycles. The smallest absolute Gasteiger partial charge is 0.234 e. The quantitative estimate of drug-likeness (QED) is 0.752. The number of anilines is 1. The molecule has 0 aliphatic carbocycles. The van der Waals surface area contributed by atoms with Crippen LogP contribution >= 0.6 is 11.8 Å². The second-order valence-electron chi connectivity index (χ2n) is 4.45. The zero-order valence-electron chi connectivity index (χ0n) is 11.2. The standard InChI is InChI=1S/C14H19NO3S/c1-10(7-16)8-19-9-14(18)15-13-6-4-3-5-12(13)11(2)17/h3-6,10,16H,7-9H2,1-2H3,(H,15,18). The summed E-state index contributed by atoms with van der Waals surface area (Å²) >= 11 is 1.47. The molecular weight excluding hydrogens is 262 g/mol. The van der Waals surface area contributed by atoms with Crippen LogP contribution in [-0.4, -0.2) is 34.9 Å². The fourth-order valence-corrected chi connectivity index (χ4v) is 2.37. The number of Topliss-reactive ketones (excluding diaryl/α,β-unsaturated/α-hetero) is 1. The molecule has 0 bridgehead atoms. The van der Waals surface area contributed by atoms with Crippen LogP contribution in [0.2, 0.25) is 0 Å². The number of carbonyl (C=O) groups excluding carboxylic acids is 2. The Labute approximate surface area is 117 Å². The summed E-state index contributed by atoms with van der Waals surface area (Å²) in [5.41, 5.74) is 1.07. The van der Waals surface area contributed by atoms with Crippen LogP contribution in [-0.2, 0) is 4.79 Å². The van der Waals surface area contributed by atoms with E-state index in [1.807, 2.05) is 6.92 Å². The van der Waals surface area contributed by atoms with Gasteiger partial charge in [-0.2, -0.15) is 11.8 Å². The van der Waals surface area contributed by atoms with Crippen LogP contribution in [0.5, 0.6) is 0 Å². The Morgan fingerprint density at radius 3 is 2.68 bits per heavy atom. The summed E-state index contributed by atoms with van der Waals surface area (Å²) in [4.78, 5) is 23.2. The summed E-state index contributed by atoms with van der Waals surface area (Å²) in [6.07, 6.45) is 0. The highest BCUT2D eigenvalue weighted by Gasteiger charge is 2.10. The number of benzene rings is 1. The second-order valence-corrected chi connectivity index (χ2v) is 5.48. The highest BCUT2D eigenvalue weighted by Crippen LogP contribution is 2.16. The number of nitrogens with one attached hydrogen (secondary N) is 1. The van der Waals surface area contributed by atoms with E-state index in [0.29, 0.717) is 17.0 Å². The minimum Gasteiger partial charge on any atom is -0.396 e. The van der Waals surface area contributed by atoms with Gasteiger partial charge >= 0.3 is 0 Å². The molecule has 1 aromatic rings. The van der Waals surface area contributed by atoms with Crippen molar-refractivity contribution in [1.82, 2.24) is 0 Å². The first kappa shape index (κ1) is 15.7. The van der Waals surface area contributed by atoms with Gasteiger partial charge < -0.3 is 10.4 Å². The molecule has 0 fully saturated rings. The SMILES string of the molecule is CC(=O)c1ccccc1NC(=O)CSCC(C)CO. The maximum Gasteiger partial charge on any atom is 0.234 e. The maximum atomic E-state index is 11.8. The molecule has 1 atom stereocenters. The van der Waals surface area contributed by atoms with Crippen LogP contribution in [0.3, 0.4) is 0 Å². The molecule has 1 amide bonds. The molecule has 0 aliphatic heterocycles. The molecule has 19 heavy (non-hydrogen) atoms. The molecule has 4 nitrogen and oxygen atoms in total. The first-order valence-electron chi connectivity index (χ1n) is 6.13. The Morgan fingerprint density at radius 1 is 1.37 bits per heavy atom. The van der Waals surface area contributed by atoms with Gasteiger partial charge in [-0.15, -0.1) is 0 Å². The third kappa shape index (κ3) is 5.44. The van der Waals surface area contributed by atoms with Crippen molar-refractivity contribution in [3.05, 3.63) is 29.8 Å². The molecule has 0 aromatic heterocycles. The van der Waals surface area contributed by atoms with Gasteiger partial charge in [-0.25, -0.2) is 0 Å². The lowest BCUT2D eigenvalue weighted by atomic mass is 10.1. The van der Waals surface area contributed by atoms with E-state index in [4.69, 9.17) is 5.11 Å². The summed E-state index contributed by atoms with van der Waals surface area (Å²) in [6.45, 7) is 3.53. The van der Waals surface area contributed by atoms with Gasteiger partial charge in [0, 0.05) is 12.2 Å². The van der Waals surface area contributed by atoms with Gasteiger partial charge in [-0.3, -0.25) is 9.59 Å². The number of hydrogen-bond donors (Lipinski definition) is 2. The van der Waals surface area contributed by atoms with Crippen LogP contribution in [0.1, 0.15) is 24.2 Å². The lowest BCUT2D eigenvalue weighted by molar-refractivity contribution is -0.113. The minimum atomic E-state index is -0.135. The Hall–Kier alpha value is -1.33. The topological polar surface area (TPSA) is 66.4 Å². The van der Waals surface area contributed by atoms with Crippen molar-refractivity contribution in [2.45, 2.75) is 13.8 Å². The zero-order valence-corrected chi connectivity index (χ0v) is 12.0. The number of thioether (sulfide) groups is 1. The first-order valence-corrected chi connectivity index (χ1v) is 7.28. The molecule has 1 rings (SSSR count). The summed E-state index contributed by atoms with van der Waals surface area (Å²) < 4.78 is 0. The molecule has 104 valence electrons. The molecule has 2 N–H and O–H groups in total. The van der Waals surface area contributed by atoms with Crippen molar-refractivity contribution in [2.75, 3.05) is 23.4 Å². The molecule has 0 heterocycles. The summed E-state index contributed by atoms with van der Waals surface area (Å²) in [5, 5.41) is 11.6. The molecule has 0 aliphatic rings. The van der Waals surface area contributed by atoms with Crippen molar-refractivity contribution in [1.29, 1.82) is 0 Å². The predicted octanol–water partition coefficient (Wildman–Crippen LogP) is 2.19. The monoisotopic (exact) mass is 281 g/mol. The lowest BCUT2D eigenvalue weighted by Crippen LogP contribution is -2.17. The van der Waals surface area contributed by atoms with Crippen LogP contribution < -0.4 is 5.32 Å². The average Bonchev–Trinajstić information content (AvgIpc) is 2.38. The Bertz CT molecular complexity index is 448. The van der Waals surface area contributed by atoms with Crippen LogP contribution in [0.15, 0.2) is 24.3 Å². The fourth-order valence-electron chi connectivity index (χ4n) is 1.49. The Kier molecular flexibility index (Phi) is 6.59. The molecule has 0 saturated carbocycles. The van der Waals surface area contributed by atoms with Crippen molar-refractivity contribution in [3.63, 3.8) is 0 Å². The largest absolute Gasteiger partial charge is 0.396 e. The Balaban J connectivity index is 2.51. The highest BCUT2D eigenvalue weighted by molar-refractivity contribution is 7.99. The molecular formula is C14H19NO3S. The van der Waals surface area contributed by atoms with Crippen molar-refractivity contribution < 1.29 is 14.7 Å². The third-order valence-corrected chi connectivity index (χ3v) is 3.80. The first-order chi connectivity index (χ1) is 9.04. The van der Waals surface area contributed by atoms with Gasteiger partial charge in [0.25, 0.3) is 0 Å². The van der Waals surface area contributed by atoms with Gasteiger partial charge in [0.1, 0.15) is 0 Å². The van der Waals surface area contributed by atoms with Gasteiger partial charge in [0.2, 0.25) is 5.91 Å². The van der Waals surface area contributed by atoms with E-state index in [1.165, 1.54) is 18.7 Å². The number of hydrogen-bond acceptors (Lipinski definition) is 4. The predicted molar refractivity (Wildman–Crippen MR) is 78.7 cm³/mol. The number of aliphatic hydroxyl groups excluding tert-OH is 1. The number of para-hydroxylation sites is 1. The van der Waals surface area contributed by atoms with E-state index in [1.54, 1.807) is 24.3 Å². The fraction of sp³-hybridized carbons (Fsp3) is 0.429. The van der Waals surface area contributed by atoms with Crippen molar-refractivity contribution in [2.24, 2.45) is 5.92 Å². The normalized spacial score (nSPS) is 11.9. The van der Waals surface area contributed by atoms with Crippen LogP contribution in [0, 0.1) is 5.92 Å². The number of rotatable bonds is 7. The van der Waals surface area contributed by atoms with Crippen molar-refractivity contribution >= 4 is 29.1 Å². The van der Waals surface area contributed by atoms with Gasteiger partial charge in [0.15, 0.2) is 5.78 Å². The third-order valence-electron chi connectivity index (χ3n) is 2.53.